The number of anilines is 1. The van der Waals surface area contributed by atoms with Gasteiger partial charge in [-0.1, -0.05) is 24.3 Å². The first kappa shape index (κ1) is 30.6. The molecule has 0 aromatic heterocycles. The number of hydrogen-bond donors (Lipinski definition) is 3. The number of carbonyl (C=O) groups excluding carboxylic acids is 2. The van der Waals surface area contributed by atoms with Crippen molar-refractivity contribution < 1.29 is 33.7 Å². The van der Waals surface area contributed by atoms with Crippen molar-refractivity contribution in [2.75, 3.05) is 45.8 Å². The molecule has 1 fully saturated rings. The van der Waals surface area contributed by atoms with Gasteiger partial charge in [0.05, 0.1) is 37.9 Å². The highest BCUT2D eigenvalue weighted by atomic mass is 16.5. The van der Waals surface area contributed by atoms with E-state index in [2.05, 4.69) is 27.7 Å². The Morgan fingerprint density at radius 3 is 2.36 bits per heavy atom. The third-order valence-corrected chi connectivity index (χ3v) is 7.87. The summed E-state index contributed by atoms with van der Waals surface area (Å²) in [4.78, 5) is 39.7. The number of amides is 1. The Morgan fingerprint density at radius 1 is 0.976 bits per heavy atom. The number of piperidine rings is 1. The van der Waals surface area contributed by atoms with Crippen LogP contribution in [0.3, 0.4) is 0 Å². The number of hydrogen-bond acceptors (Lipinski definition) is 8. The zero-order valence-corrected chi connectivity index (χ0v) is 24.6. The van der Waals surface area contributed by atoms with Crippen LogP contribution < -0.4 is 15.4 Å². The molecular weight excluding hydrogens is 538 g/mol. The number of nitrogens with one attached hydrogen (secondary N) is 2. The van der Waals surface area contributed by atoms with Crippen LogP contribution in [-0.2, 0) is 19.1 Å². The molecule has 0 saturated carbocycles. The molecule has 1 unspecified atom stereocenters. The minimum atomic E-state index is -1.15. The van der Waals surface area contributed by atoms with Crippen LogP contribution in [0.25, 0.3) is 0 Å². The molecule has 2 aromatic carbocycles. The number of carbonyl (C=O) groups is 3. The lowest BCUT2D eigenvalue weighted by atomic mass is 9.80. The summed E-state index contributed by atoms with van der Waals surface area (Å²) in [5, 5.41) is 15.6. The van der Waals surface area contributed by atoms with E-state index in [0.29, 0.717) is 35.0 Å². The summed E-state index contributed by atoms with van der Waals surface area (Å²) in [6.07, 6.45) is 2.27. The Morgan fingerprint density at radius 2 is 1.67 bits per heavy atom. The van der Waals surface area contributed by atoms with Crippen LogP contribution >= 0.6 is 0 Å². The van der Waals surface area contributed by atoms with Crippen LogP contribution in [0.1, 0.15) is 56.1 Å². The molecule has 10 heteroatoms. The fraction of sp³-hybridized carbons (Fsp3) is 0.406. The molecule has 0 radical (unpaired) electrons. The number of carboxylic acids is 1. The smallest absolute Gasteiger partial charge is 0.411 e. The zero-order chi connectivity index (χ0) is 30.2. The summed E-state index contributed by atoms with van der Waals surface area (Å²) in [5.74, 6) is -1.24. The lowest BCUT2D eigenvalue weighted by Gasteiger charge is -2.32. The molecule has 2 aromatic rings. The molecule has 0 bridgehead atoms. The summed E-state index contributed by atoms with van der Waals surface area (Å²) >= 11 is 0. The standard InChI is InChI=1S/C32H39N3O7/c1-20-27(30(36)37)29(28(21(2)33-20)31(38)41-4)24-9-5-10-25(18-24)34-32(39)42-17-7-14-35-15-12-22(13-16-35)23-8-6-11-26(19-23)40-3/h5-6,8-11,18-19,22,29,33H,7,12-17H2,1-4H3,(H,34,39)(H,36,37). The minimum absolute atomic E-state index is 0.0354. The maximum atomic E-state index is 12.6. The van der Waals surface area contributed by atoms with Gasteiger partial charge >= 0.3 is 18.0 Å². The number of nitrogens with zero attached hydrogens (tertiary/aromatic N) is 1. The highest BCUT2D eigenvalue weighted by Gasteiger charge is 2.37. The first-order valence-electron chi connectivity index (χ1n) is 14.1. The number of carboxylic acid groups (broad SMARTS) is 1. The lowest BCUT2D eigenvalue weighted by molar-refractivity contribution is -0.136. The number of aliphatic carboxylic acids is 1. The van der Waals surface area contributed by atoms with Crippen molar-refractivity contribution >= 4 is 23.7 Å². The molecule has 0 spiro atoms. The monoisotopic (exact) mass is 577 g/mol. The van der Waals surface area contributed by atoms with Gasteiger partial charge in [-0.15, -0.1) is 0 Å². The summed E-state index contributed by atoms with van der Waals surface area (Å²) < 4.78 is 15.7. The van der Waals surface area contributed by atoms with E-state index < -0.39 is 23.9 Å². The second-order valence-corrected chi connectivity index (χ2v) is 10.6. The summed E-state index contributed by atoms with van der Waals surface area (Å²) in [6.45, 7) is 6.45. The average molecular weight is 578 g/mol. The van der Waals surface area contributed by atoms with Crippen molar-refractivity contribution in [1.29, 1.82) is 0 Å². The van der Waals surface area contributed by atoms with E-state index >= 15 is 0 Å². The van der Waals surface area contributed by atoms with Gasteiger partial charge in [0.1, 0.15) is 5.75 Å². The van der Waals surface area contributed by atoms with Gasteiger partial charge < -0.3 is 29.5 Å². The molecule has 3 N–H and O–H groups in total. The molecule has 2 aliphatic rings. The Kier molecular flexibility index (Phi) is 10.2. The van der Waals surface area contributed by atoms with Crippen LogP contribution in [0.4, 0.5) is 10.5 Å². The van der Waals surface area contributed by atoms with E-state index in [4.69, 9.17) is 14.2 Å². The van der Waals surface area contributed by atoms with Crippen molar-refractivity contribution in [3.8, 4) is 5.75 Å². The Balaban J connectivity index is 1.29. The van der Waals surface area contributed by atoms with Crippen LogP contribution in [0.2, 0.25) is 0 Å². The minimum Gasteiger partial charge on any atom is -0.497 e. The van der Waals surface area contributed by atoms with Crippen molar-refractivity contribution in [3.05, 3.63) is 82.2 Å². The Labute approximate surface area is 246 Å². The molecule has 42 heavy (non-hydrogen) atoms. The highest BCUT2D eigenvalue weighted by Crippen LogP contribution is 2.39. The van der Waals surface area contributed by atoms with Gasteiger partial charge in [-0.2, -0.15) is 0 Å². The van der Waals surface area contributed by atoms with E-state index in [1.54, 1.807) is 45.2 Å². The average Bonchev–Trinajstić information content (AvgIpc) is 2.98. The van der Waals surface area contributed by atoms with Gasteiger partial charge in [0.25, 0.3) is 0 Å². The third kappa shape index (κ3) is 7.30. The second kappa shape index (κ2) is 14.0. The van der Waals surface area contributed by atoms with E-state index in [1.807, 2.05) is 12.1 Å². The number of likely N-dealkylation sites (tertiary alicyclic amines) is 1. The number of methoxy groups -OCH3 is 2. The molecule has 10 nitrogen and oxygen atoms in total. The van der Waals surface area contributed by atoms with Crippen LogP contribution in [0.15, 0.2) is 71.1 Å². The summed E-state index contributed by atoms with van der Waals surface area (Å²) in [5.41, 5.74) is 3.46. The fourth-order valence-corrected chi connectivity index (χ4v) is 5.78. The molecule has 1 saturated heterocycles. The Bertz CT molecular complexity index is 1380. The van der Waals surface area contributed by atoms with Crippen molar-refractivity contribution in [2.24, 2.45) is 0 Å². The van der Waals surface area contributed by atoms with Gasteiger partial charge in [0.2, 0.25) is 0 Å². The normalized spacial score (nSPS) is 17.9. The van der Waals surface area contributed by atoms with Gasteiger partial charge in [-0.25, -0.2) is 14.4 Å². The van der Waals surface area contributed by atoms with Crippen molar-refractivity contribution in [3.63, 3.8) is 0 Å². The highest BCUT2D eigenvalue weighted by molar-refractivity contribution is 5.99. The maximum Gasteiger partial charge on any atom is 0.411 e. The van der Waals surface area contributed by atoms with Crippen LogP contribution in [0.5, 0.6) is 5.75 Å². The number of allylic oxidation sites excluding steroid dienone is 2. The SMILES string of the molecule is COC(=O)C1=C(C)NC(C)=C(C(=O)O)C1c1cccc(NC(=O)OCCCN2CCC(c3cccc(OC)c3)CC2)c1. The van der Waals surface area contributed by atoms with E-state index in [-0.39, 0.29) is 17.8 Å². The number of ether oxygens (including phenoxy) is 3. The molecule has 2 heterocycles. The van der Waals surface area contributed by atoms with Crippen LogP contribution in [0, 0.1) is 0 Å². The Hall–Kier alpha value is -4.31. The van der Waals surface area contributed by atoms with E-state index in [1.165, 1.54) is 12.7 Å². The lowest BCUT2D eigenvalue weighted by Crippen LogP contribution is -2.34. The van der Waals surface area contributed by atoms with Crippen molar-refractivity contribution in [2.45, 2.75) is 44.9 Å². The predicted octanol–water partition coefficient (Wildman–Crippen LogP) is 5.01. The topological polar surface area (TPSA) is 126 Å². The maximum absolute atomic E-state index is 12.6. The van der Waals surface area contributed by atoms with Crippen molar-refractivity contribution in [1.82, 2.24) is 10.2 Å². The number of esters is 1. The second-order valence-electron chi connectivity index (χ2n) is 10.6. The molecule has 2 aliphatic heterocycles. The van der Waals surface area contributed by atoms with Gasteiger partial charge in [-0.3, -0.25) is 5.32 Å². The molecule has 0 aliphatic carbocycles. The van der Waals surface area contributed by atoms with Gasteiger partial charge in [0.15, 0.2) is 0 Å². The number of benzene rings is 2. The largest absolute Gasteiger partial charge is 0.497 e. The molecule has 4 rings (SSSR count). The zero-order valence-electron chi connectivity index (χ0n) is 24.6. The first-order valence-corrected chi connectivity index (χ1v) is 14.1. The van der Waals surface area contributed by atoms with Gasteiger partial charge in [0, 0.05) is 23.6 Å². The summed E-state index contributed by atoms with van der Waals surface area (Å²) in [7, 11) is 2.94. The number of dihydropyridines is 1. The molecule has 1 atom stereocenters. The summed E-state index contributed by atoms with van der Waals surface area (Å²) in [6, 6.07) is 15.0. The predicted molar refractivity (Wildman–Crippen MR) is 158 cm³/mol. The van der Waals surface area contributed by atoms with Crippen LogP contribution in [-0.4, -0.2) is 68.5 Å². The van der Waals surface area contributed by atoms with E-state index in [0.717, 1.165) is 38.2 Å². The number of rotatable bonds is 10. The van der Waals surface area contributed by atoms with E-state index in [9.17, 15) is 19.5 Å². The third-order valence-electron chi connectivity index (χ3n) is 7.87. The first-order chi connectivity index (χ1) is 20.2. The van der Waals surface area contributed by atoms with Gasteiger partial charge in [-0.05, 0) is 87.5 Å². The quantitative estimate of drug-likeness (QED) is 0.264. The molecule has 1 amide bonds. The fourth-order valence-electron chi connectivity index (χ4n) is 5.78. The molecule has 224 valence electrons. The molecular formula is C32H39N3O7.